The zero-order valence-electron chi connectivity index (χ0n) is 10.0. The van der Waals surface area contributed by atoms with Gasteiger partial charge in [-0.2, -0.15) is 5.26 Å². The van der Waals surface area contributed by atoms with Crippen LogP contribution in [0, 0.1) is 11.3 Å². The average Bonchev–Trinajstić information content (AvgIpc) is 2.64. The van der Waals surface area contributed by atoms with Gasteiger partial charge < -0.3 is 10.6 Å². The minimum absolute atomic E-state index is 0.215. The molecule has 2 rings (SSSR count). The molecule has 1 aromatic rings. The van der Waals surface area contributed by atoms with Crippen molar-refractivity contribution in [2.24, 2.45) is 0 Å². The maximum absolute atomic E-state index is 10.9. The first-order valence-electron chi connectivity index (χ1n) is 5.75. The Kier molecular flexibility index (Phi) is 3.94. The van der Waals surface area contributed by atoms with Crippen LogP contribution in [0.4, 0.5) is 5.00 Å². The van der Waals surface area contributed by atoms with E-state index < -0.39 is 0 Å². The summed E-state index contributed by atoms with van der Waals surface area (Å²) in [5.41, 5.74) is 1.84. The Morgan fingerprint density at radius 1 is 1.44 bits per heavy atom. The van der Waals surface area contributed by atoms with Gasteiger partial charge in [0.1, 0.15) is 11.1 Å². The molecule has 0 bridgehead atoms. The van der Waals surface area contributed by atoms with E-state index in [1.807, 2.05) is 0 Å². The number of fused-ring (bicyclic) bond motifs is 1. The second-order valence-electron chi connectivity index (χ2n) is 4.16. The third-order valence-electron chi connectivity index (χ3n) is 2.80. The van der Waals surface area contributed by atoms with E-state index in [1.165, 1.54) is 18.2 Å². The number of hydrogen-bond donors (Lipinski definition) is 2. The second kappa shape index (κ2) is 5.46. The maximum atomic E-state index is 10.9. The molecule has 1 amide bonds. The number of nitrogens with zero attached hydrogens (tertiary/aromatic N) is 1. The minimum atomic E-state index is -0.215. The number of amides is 1. The molecule has 94 valence electrons. The summed E-state index contributed by atoms with van der Waals surface area (Å²) in [6.45, 7) is 1.40. The molecule has 0 radical (unpaired) electrons. The Morgan fingerprint density at radius 3 is 2.83 bits per heavy atom. The Labute approximate surface area is 115 Å². The van der Waals surface area contributed by atoms with Crippen molar-refractivity contribution in [2.45, 2.75) is 32.6 Å². The van der Waals surface area contributed by atoms with Gasteiger partial charge in [-0.15, -0.1) is 11.3 Å². The van der Waals surface area contributed by atoms with Crippen molar-refractivity contribution in [1.29, 1.82) is 5.26 Å². The summed E-state index contributed by atoms with van der Waals surface area (Å²) in [4.78, 5) is 12.2. The minimum Gasteiger partial charge on any atom is -0.323 e. The van der Waals surface area contributed by atoms with E-state index in [-0.39, 0.29) is 11.0 Å². The van der Waals surface area contributed by atoms with Gasteiger partial charge in [-0.1, -0.05) is 0 Å². The van der Waals surface area contributed by atoms with Crippen molar-refractivity contribution in [3.05, 3.63) is 16.0 Å². The molecule has 0 aliphatic heterocycles. The highest BCUT2D eigenvalue weighted by atomic mass is 32.1. The summed E-state index contributed by atoms with van der Waals surface area (Å²) in [6, 6.07) is 2.24. The lowest BCUT2D eigenvalue weighted by Gasteiger charge is -2.09. The molecule has 1 aliphatic carbocycles. The number of carbonyl (C=O) groups excluding carboxylic acids is 1. The third-order valence-corrected chi connectivity index (χ3v) is 4.21. The first-order chi connectivity index (χ1) is 8.61. The number of thiophene rings is 1. The van der Waals surface area contributed by atoms with Crippen LogP contribution in [-0.2, 0) is 17.6 Å². The largest absolute Gasteiger partial charge is 0.323 e. The molecule has 1 aliphatic rings. The van der Waals surface area contributed by atoms with Gasteiger partial charge in [0, 0.05) is 11.8 Å². The van der Waals surface area contributed by atoms with E-state index in [0.717, 1.165) is 29.8 Å². The van der Waals surface area contributed by atoms with Crippen LogP contribution >= 0.6 is 23.6 Å². The van der Waals surface area contributed by atoms with Gasteiger partial charge in [-0.3, -0.25) is 4.79 Å². The SMILES string of the molecule is CC(=O)NC(=S)Nc1sc2c(c1C#N)CCCC2. The number of carbonyl (C=O) groups is 1. The highest BCUT2D eigenvalue weighted by Gasteiger charge is 2.21. The number of aryl methyl sites for hydroxylation is 1. The molecule has 4 nitrogen and oxygen atoms in total. The fraction of sp³-hybridized carbons (Fsp3) is 0.417. The number of nitrogens with one attached hydrogen (secondary N) is 2. The molecule has 0 atom stereocenters. The van der Waals surface area contributed by atoms with Gasteiger partial charge in [0.15, 0.2) is 5.11 Å². The molecule has 18 heavy (non-hydrogen) atoms. The quantitative estimate of drug-likeness (QED) is 0.774. The van der Waals surface area contributed by atoms with Gasteiger partial charge in [0.05, 0.1) is 5.56 Å². The molecule has 0 saturated heterocycles. The van der Waals surface area contributed by atoms with Crippen LogP contribution in [0.3, 0.4) is 0 Å². The molecule has 6 heteroatoms. The summed E-state index contributed by atoms with van der Waals surface area (Å²) in [5.74, 6) is -0.215. The molecule has 0 saturated carbocycles. The Hall–Kier alpha value is -1.45. The first kappa shape index (κ1) is 13.0. The number of hydrogen-bond acceptors (Lipinski definition) is 4. The summed E-state index contributed by atoms with van der Waals surface area (Å²) < 4.78 is 0. The van der Waals surface area contributed by atoms with Crippen LogP contribution in [0.5, 0.6) is 0 Å². The lowest BCUT2D eigenvalue weighted by Crippen LogP contribution is -2.32. The fourth-order valence-electron chi connectivity index (χ4n) is 2.07. The van der Waals surface area contributed by atoms with E-state index in [1.54, 1.807) is 11.3 Å². The monoisotopic (exact) mass is 279 g/mol. The van der Waals surface area contributed by atoms with Gasteiger partial charge in [-0.05, 0) is 43.5 Å². The molecule has 0 aromatic carbocycles. The first-order valence-corrected chi connectivity index (χ1v) is 6.97. The van der Waals surface area contributed by atoms with Crippen molar-refractivity contribution < 1.29 is 4.79 Å². The number of thiocarbonyl (C=S) groups is 1. The number of rotatable bonds is 1. The highest BCUT2D eigenvalue weighted by molar-refractivity contribution is 7.80. The maximum Gasteiger partial charge on any atom is 0.222 e. The zero-order valence-corrected chi connectivity index (χ0v) is 11.6. The second-order valence-corrected chi connectivity index (χ2v) is 5.68. The average molecular weight is 279 g/mol. The topological polar surface area (TPSA) is 64.9 Å². The van der Waals surface area contributed by atoms with E-state index >= 15 is 0 Å². The smallest absolute Gasteiger partial charge is 0.222 e. The lowest BCUT2D eigenvalue weighted by molar-refractivity contribution is -0.117. The highest BCUT2D eigenvalue weighted by Crippen LogP contribution is 2.37. The summed E-state index contributed by atoms with van der Waals surface area (Å²) in [6.07, 6.45) is 4.30. The van der Waals surface area contributed by atoms with Crippen molar-refractivity contribution in [3.63, 3.8) is 0 Å². The van der Waals surface area contributed by atoms with Crippen molar-refractivity contribution in [1.82, 2.24) is 5.32 Å². The summed E-state index contributed by atoms with van der Waals surface area (Å²) in [7, 11) is 0. The van der Waals surface area contributed by atoms with Gasteiger partial charge >= 0.3 is 0 Å². The lowest BCUT2D eigenvalue weighted by atomic mass is 9.96. The fourth-order valence-corrected chi connectivity index (χ4v) is 3.62. The van der Waals surface area contributed by atoms with Gasteiger partial charge in [0.2, 0.25) is 5.91 Å². The molecule has 0 spiro atoms. The van der Waals surface area contributed by atoms with Crippen LogP contribution < -0.4 is 10.6 Å². The predicted octanol–water partition coefficient (Wildman–Crippen LogP) is 2.33. The van der Waals surface area contributed by atoms with Gasteiger partial charge in [0.25, 0.3) is 0 Å². The Morgan fingerprint density at radius 2 is 2.17 bits per heavy atom. The van der Waals surface area contributed by atoms with Gasteiger partial charge in [-0.25, -0.2) is 0 Å². The summed E-state index contributed by atoms with van der Waals surface area (Å²) >= 11 is 6.58. The van der Waals surface area contributed by atoms with E-state index in [2.05, 4.69) is 16.7 Å². The number of anilines is 1. The van der Waals surface area contributed by atoms with Crippen LogP contribution in [0.1, 0.15) is 35.8 Å². The standard InChI is InChI=1S/C12H13N3OS2/c1-7(16)14-12(17)15-11-9(6-13)8-4-2-3-5-10(8)18-11/h2-5H2,1H3,(H2,14,15,16,17). The molecule has 0 unspecified atom stereocenters. The van der Waals surface area contributed by atoms with E-state index in [4.69, 9.17) is 12.2 Å². The molecule has 0 fully saturated rings. The molecule has 1 heterocycles. The third kappa shape index (κ3) is 2.68. The Balaban J connectivity index is 2.23. The number of nitriles is 1. The van der Waals surface area contributed by atoms with Crippen molar-refractivity contribution in [2.75, 3.05) is 5.32 Å². The van der Waals surface area contributed by atoms with E-state index in [0.29, 0.717) is 5.56 Å². The van der Waals surface area contributed by atoms with Crippen LogP contribution in [-0.4, -0.2) is 11.0 Å². The van der Waals surface area contributed by atoms with E-state index in [9.17, 15) is 10.1 Å². The molecule has 2 N–H and O–H groups in total. The predicted molar refractivity (Wildman–Crippen MR) is 75.7 cm³/mol. The van der Waals surface area contributed by atoms with Crippen molar-refractivity contribution >= 4 is 39.6 Å². The van der Waals surface area contributed by atoms with Crippen LogP contribution in [0.2, 0.25) is 0 Å². The molecular formula is C12H13N3OS2. The molecule has 1 aromatic heterocycles. The normalized spacial score (nSPS) is 13.3. The van der Waals surface area contributed by atoms with Crippen LogP contribution in [0.25, 0.3) is 0 Å². The Bertz CT molecular complexity index is 542. The zero-order chi connectivity index (χ0) is 13.1. The van der Waals surface area contributed by atoms with Crippen LogP contribution in [0.15, 0.2) is 0 Å². The van der Waals surface area contributed by atoms with Crippen molar-refractivity contribution in [3.8, 4) is 6.07 Å². The summed E-state index contributed by atoms with van der Waals surface area (Å²) in [5, 5.41) is 15.7. The molecular weight excluding hydrogens is 266 g/mol.